The summed E-state index contributed by atoms with van der Waals surface area (Å²) in [6.45, 7) is 10.5. The Morgan fingerprint density at radius 3 is 2.53 bits per heavy atom. The fourth-order valence-corrected chi connectivity index (χ4v) is 3.06. The van der Waals surface area contributed by atoms with Crippen LogP contribution in [0.25, 0.3) is 0 Å². The first kappa shape index (κ1) is 25.6. The van der Waals surface area contributed by atoms with Gasteiger partial charge in [0, 0.05) is 31.6 Å². The molecule has 0 spiro atoms. The first-order valence-electron chi connectivity index (χ1n) is 11.1. The number of hydrogen-bond donors (Lipinski definition) is 2. The molecule has 0 aromatic heterocycles. The molecule has 2 N–H and O–H groups in total. The summed E-state index contributed by atoms with van der Waals surface area (Å²) in [5, 5.41) is 11.8. The van der Waals surface area contributed by atoms with E-state index in [4.69, 9.17) is 19.3 Å². The highest BCUT2D eigenvalue weighted by Gasteiger charge is 2.44. The monoisotopic (exact) mass is 448 g/mol. The van der Waals surface area contributed by atoms with E-state index in [0.717, 1.165) is 5.56 Å². The standard InChI is InChI=1S/C24H36N2O6/c1-17(2)15-25-22(29)24(12-11-20(28)32-23(3,4)5)16-31-21(26-24)18-7-9-19(10-8-18)30-14-6-13-27/h7-10,17,27H,6,11-16H2,1-5H3,(H,25,29)/t24-/m1/s1. The predicted octanol–water partition coefficient (Wildman–Crippen LogP) is 2.86. The van der Waals surface area contributed by atoms with Crippen molar-refractivity contribution in [2.75, 3.05) is 26.4 Å². The summed E-state index contributed by atoms with van der Waals surface area (Å²) in [6.07, 6.45) is 0.811. The molecule has 0 aliphatic carbocycles. The first-order chi connectivity index (χ1) is 15.0. The van der Waals surface area contributed by atoms with Crippen LogP contribution in [0.2, 0.25) is 0 Å². The van der Waals surface area contributed by atoms with Crippen LogP contribution in [0.1, 0.15) is 59.4 Å². The number of nitrogens with zero attached hydrogens (tertiary/aromatic N) is 1. The Kier molecular flexibility index (Phi) is 9.07. The van der Waals surface area contributed by atoms with Gasteiger partial charge in [0.25, 0.3) is 5.91 Å². The molecule has 1 aliphatic heterocycles. The van der Waals surface area contributed by atoms with E-state index in [1.165, 1.54) is 0 Å². The van der Waals surface area contributed by atoms with Crippen molar-refractivity contribution in [3.63, 3.8) is 0 Å². The molecular formula is C24H36N2O6. The van der Waals surface area contributed by atoms with E-state index in [0.29, 0.717) is 31.2 Å². The van der Waals surface area contributed by atoms with Gasteiger partial charge in [-0.15, -0.1) is 0 Å². The number of nitrogens with one attached hydrogen (secondary N) is 1. The Hall–Kier alpha value is -2.61. The molecule has 1 atom stereocenters. The maximum atomic E-state index is 13.1. The summed E-state index contributed by atoms with van der Waals surface area (Å²) in [6, 6.07) is 7.20. The van der Waals surface area contributed by atoms with Crippen molar-refractivity contribution < 1.29 is 28.9 Å². The number of hydrogen-bond acceptors (Lipinski definition) is 7. The van der Waals surface area contributed by atoms with Crippen molar-refractivity contribution in [1.82, 2.24) is 5.32 Å². The summed E-state index contributed by atoms with van der Waals surface area (Å²) < 4.78 is 16.8. The van der Waals surface area contributed by atoms with Gasteiger partial charge in [0.05, 0.1) is 6.61 Å². The van der Waals surface area contributed by atoms with Crippen LogP contribution in [0.4, 0.5) is 0 Å². The smallest absolute Gasteiger partial charge is 0.306 e. The van der Waals surface area contributed by atoms with E-state index in [2.05, 4.69) is 10.3 Å². The lowest BCUT2D eigenvalue weighted by molar-refractivity contribution is -0.155. The molecule has 1 aliphatic rings. The average molecular weight is 449 g/mol. The third-order valence-electron chi connectivity index (χ3n) is 4.69. The topological polar surface area (TPSA) is 106 Å². The number of carbonyl (C=O) groups is 2. The highest BCUT2D eigenvalue weighted by molar-refractivity contribution is 6.00. The van der Waals surface area contributed by atoms with Crippen LogP contribution in [0, 0.1) is 5.92 Å². The molecule has 8 heteroatoms. The van der Waals surface area contributed by atoms with Gasteiger partial charge in [-0.25, -0.2) is 4.99 Å². The van der Waals surface area contributed by atoms with Crippen molar-refractivity contribution in [1.29, 1.82) is 0 Å². The predicted molar refractivity (Wildman–Crippen MR) is 122 cm³/mol. The number of benzene rings is 1. The molecule has 178 valence electrons. The Bertz CT molecular complexity index is 798. The summed E-state index contributed by atoms with van der Waals surface area (Å²) in [5.74, 6) is 0.684. The zero-order valence-corrected chi connectivity index (χ0v) is 19.8. The largest absolute Gasteiger partial charge is 0.494 e. The van der Waals surface area contributed by atoms with Gasteiger partial charge in [-0.1, -0.05) is 13.8 Å². The maximum absolute atomic E-state index is 13.1. The molecule has 0 saturated heterocycles. The number of ether oxygens (including phenoxy) is 3. The van der Waals surface area contributed by atoms with Crippen LogP contribution < -0.4 is 10.1 Å². The maximum Gasteiger partial charge on any atom is 0.306 e. The summed E-state index contributed by atoms with van der Waals surface area (Å²) in [5.41, 5.74) is -1.06. The van der Waals surface area contributed by atoms with E-state index < -0.39 is 11.1 Å². The van der Waals surface area contributed by atoms with E-state index >= 15 is 0 Å². The second kappa shape index (κ2) is 11.3. The molecule has 0 saturated carbocycles. The highest BCUT2D eigenvalue weighted by atomic mass is 16.6. The Labute approximate surface area is 190 Å². The molecule has 1 aromatic carbocycles. The van der Waals surface area contributed by atoms with Gasteiger partial charge in [-0.2, -0.15) is 0 Å². The number of amides is 1. The molecule has 2 rings (SSSR count). The molecule has 0 bridgehead atoms. The van der Waals surface area contributed by atoms with Crippen LogP contribution in [-0.4, -0.2) is 60.4 Å². The van der Waals surface area contributed by atoms with Crippen molar-refractivity contribution in [2.24, 2.45) is 10.9 Å². The van der Waals surface area contributed by atoms with Crippen molar-refractivity contribution >= 4 is 17.8 Å². The van der Waals surface area contributed by atoms with Gasteiger partial charge >= 0.3 is 5.97 Å². The van der Waals surface area contributed by atoms with Crippen molar-refractivity contribution in [2.45, 2.75) is 65.0 Å². The number of aliphatic imine (C=N–C) groups is 1. The minimum atomic E-state index is -1.18. The Morgan fingerprint density at radius 1 is 1.25 bits per heavy atom. The highest BCUT2D eigenvalue weighted by Crippen LogP contribution is 2.29. The van der Waals surface area contributed by atoms with Gasteiger partial charge < -0.3 is 24.6 Å². The lowest BCUT2D eigenvalue weighted by atomic mass is 9.94. The van der Waals surface area contributed by atoms with Gasteiger partial charge in [-0.05, 0) is 57.4 Å². The number of rotatable bonds is 11. The molecule has 0 radical (unpaired) electrons. The lowest BCUT2D eigenvalue weighted by Crippen LogP contribution is -2.48. The van der Waals surface area contributed by atoms with Crippen LogP contribution >= 0.6 is 0 Å². The van der Waals surface area contributed by atoms with E-state index in [-0.39, 0.29) is 43.8 Å². The summed E-state index contributed by atoms with van der Waals surface area (Å²) in [4.78, 5) is 30.0. The molecule has 1 amide bonds. The third kappa shape index (κ3) is 7.82. The fourth-order valence-electron chi connectivity index (χ4n) is 3.06. The van der Waals surface area contributed by atoms with Gasteiger partial charge in [0.2, 0.25) is 5.90 Å². The number of aliphatic hydroxyl groups is 1. The normalized spacial score (nSPS) is 18.2. The van der Waals surface area contributed by atoms with Gasteiger partial charge in [0.1, 0.15) is 18.0 Å². The Balaban J connectivity index is 2.16. The molecule has 0 unspecified atom stereocenters. The van der Waals surface area contributed by atoms with E-state index in [1.807, 2.05) is 46.8 Å². The van der Waals surface area contributed by atoms with Gasteiger partial charge in [-0.3, -0.25) is 9.59 Å². The minimum absolute atomic E-state index is 0.0593. The first-order valence-corrected chi connectivity index (χ1v) is 11.1. The zero-order chi connectivity index (χ0) is 23.8. The van der Waals surface area contributed by atoms with Crippen molar-refractivity contribution in [3.8, 4) is 5.75 Å². The minimum Gasteiger partial charge on any atom is -0.494 e. The molecule has 1 aromatic rings. The SMILES string of the molecule is CC(C)CNC(=O)[C@@]1(CCC(=O)OC(C)(C)C)COC(c2ccc(OCCCO)cc2)=N1. The third-order valence-corrected chi connectivity index (χ3v) is 4.69. The quantitative estimate of drug-likeness (QED) is 0.398. The molecular weight excluding hydrogens is 412 g/mol. The van der Waals surface area contributed by atoms with Crippen LogP contribution in [0.5, 0.6) is 5.75 Å². The van der Waals surface area contributed by atoms with Crippen LogP contribution in [0.15, 0.2) is 29.3 Å². The summed E-state index contributed by atoms with van der Waals surface area (Å²) in [7, 11) is 0. The molecule has 1 heterocycles. The molecule has 0 fully saturated rings. The second-order valence-corrected chi connectivity index (χ2v) is 9.38. The molecule has 32 heavy (non-hydrogen) atoms. The fraction of sp³-hybridized carbons (Fsp3) is 0.625. The van der Waals surface area contributed by atoms with Crippen molar-refractivity contribution in [3.05, 3.63) is 29.8 Å². The lowest BCUT2D eigenvalue weighted by Gasteiger charge is -2.25. The van der Waals surface area contributed by atoms with Crippen LogP contribution in [-0.2, 0) is 19.1 Å². The summed E-state index contributed by atoms with van der Waals surface area (Å²) >= 11 is 0. The molecule has 8 nitrogen and oxygen atoms in total. The number of carbonyl (C=O) groups excluding carboxylic acids is 2. The van der Waals surface area contributed by atoms with Gasteiger partial charge in [0.15, 0.2) is 5.54 Å². The van der Waals surface area contributed by atoms with Crippen LogP contribution in [0.3, 0.4) is 0 Å². The second-order valence-electron chi connectivity index (χ2n) is 9.38. The Morgan fingerprint density at radius 2 is 1.94 bits per heavy atom. The number of aliphatic hydroxyl groups excluding tert-OH is 1. The van der Waals surface area contributed by atoms with E-state index in [1.54, 1.807) is 12.1 Å². The van der Waals surface area contributed by atoms with E-state index in [9.17, 15) is 9.59 Å². The zero-order valence-electron chi connectivity index (χ0n) is 19.8. The number of esters is 1. The average Bonchev–Trinajstić information content (AvgIpc) is 3.16.